The van der Waals surface area contributed by atoms with Crippen molar-refractivity contribution in [2.24, 2.45) is 0 Å². The molecule has 28 heavy (non-hydrogen) atoms. The monoisotopic (exact) mass is 411 g/mol. The van der Waals surface area contributed by atoms with Gasteiger partial charge in [-0.25, -0.2) is 4.98 Å². The predicted octanol–water partition coefficient (Wildman–Crippen LogP) is 4.01. The molecule has 6 nitrogen and oxygen atoms in total. The largest absolute Gasteiger partial charge is 0.490 e. The number of nitrogens with zero attached hydrogens (tertiary/aromatic N) is 3. The van der Waals surface area contributed by atoms with Crippen LogP contribution in [0.2, 0.25) is 5.15 Å². The Balaban J connectivity index is 1.31. The molecule has 140 valence electrons. The third-order valence-corrected chi connectivity index (χ3v) is 5.81. The standard InChI is InChI=1S/C20H14ClN3O3S/c21-18-8-13(3-5-22-18)16-7-12-1-2-14(9-17(12)28-16)26-11-15-10-24-6-4-19(25)23-20(24)27-15/h1-9,15H,10-11H2. The van der Waals surface area contributed by atoms with Gasteiger partial charge in [-0.2, -0.15) is 4.98 Å². The molecule has 8 heteroatoms. The second kappa shape index (κ2) is 6.92. The topological polar surface area (TPSA) is 66.2 Å². The molecule has 0 bridgehead atoms. The normalized spacial score (nSPS) is 15.4. The predicted molar refractivity (Wildman–Crippen MR) is 108 cm³/mol. The van der Waals surface area contributed by atoms with Crippen molar-refractivity contribution in [1.29, 1.82) is 0 Å². The molecule has 0 fully saturated rings. The summed E-state index contributed by atoms with van der Waals surface area (Å²) in [4.78, 5) is 20.3. The van der Waals surface area contributed by atoms with Gasteiger partial charge in [0.2, 0.25) is 0 Å². The fourth-order valence-corrected chi connectivity index (χ4v) is 4.39. The lowest BCUT2D eigenvalue weighted by Crippen LogP contribution is -2.23. The number of benzene rings is 1. The zero-order valence-corrected chi connectivity index (χ0v) is 16.1. The number of pyridine rings is 1. The van der Waals surface area contributed by atoms with Gasteiger partial charge in [0.15, 0.2) is 6.10 Å². The van der Waals surface area contributed by atoms with Crippen LogP contribution in [-0.4, -0.2) is 27.2 Å². The van der Waals surface area contributed by atoms with Gasteiger partial charge < -0.3 is 9.47 Å². The number of rotatable bonds is 4. The maximum absolute atomic E-state index is 11.3. The van der Waals surface area contributed by atoms with E-state index in [-0.39, 0.29) is 11.7 Å². The molecule has 1 aromatic carbocycles. The fourth-order valence-electron chi connectivity index (χ4n) is 3.13. The highest BCUT2D eigenvalue weighted by atomic mass is 35.5. The number of fused-ring (bicyclic) bond motifs is 2. The number of halogens is 1. The van der Waals surface area contributed by atoms with Crippen LogP contribution in [0.3, 0.4) is 0 Å². The van der Waals surface area contributed by atoms with Crippen LogP contribution in [0.1, 0.15) is 0 Å². The second-order valence-electron chi connectivity index (χ2n) is 6.43. The van der Waals surface area contributed by atoms with Crippen molar-refractivity contribution in [3.8, 4) is 22.2 Å². The highest BCUT2D eigenvalue weighted by Crippen LogP contribution is 2.36. The summed E-state index contributed by atoms with van der Waals surface area (Å²) >= 11 is 7.68. The van der Waals surface area contributed by atoms with Crippen LogP contribution >= 0.6 is 22.9 Å². The Morgan fingerprint density at radius 3 is 3.07 bits per heavy atom. The maximum Gasteiger partial charge on any atom is 0.300 e. The average Bonchev–Trinajstić information content (AvgIpc) is 3.29. The summed E-state index contributed by atoms with van der Waals surface area (Å²) in [6, 6.07) is 13.7. The molecule has 1 unspecified atom stereocenters. The Kier molecular flexibility index (Phi) is 4.26. The van der Waals surface area contributed by atoms with E-state index < -0.39 is 0 Å². The Hall–Kier alpha value is -2.90. The van der Waals surface area contributed by atoms with Gasteiger partial charge in [-0.3, -0.25) is 9.36 Å². The molecular formula is C20H14ClN3O3S. The summed E-state index contributed by atoms with van der Waals surface area (Å²) in [5.74, 6) is 0.774. The molecule has 0 N–H and O–H groups in total. The van der Waals surface area contributed by atoms with Crippen LogP contribution in [0, 0.1) is 0 Å². The first-order valence-corrected chi connectivity index (χ1v) is 9.86. The smallest absolute Gasteiger partial charge is 0.300 e. The summed E-state index contributed by atoms with van der Waals surface area (Å²) in [6.07, 6.45) is 3.22. The Morgan fingerprint density at radius 1 is 1.25 bits per heavy atom. The van der Waals surface area contributed by atoms with Gasteiger partial charge >= 0.3 is 0 Å². The van der Waals surface area contributed by atoms with Crippen molar-refractivity contribution in [3.63, 3.8) is 0 Å². The van der Waals surface area contributed by atoms with Gasteiger partial charge in [0.1, 0.15) is 17.5 Å². The third kappa shape index (κ3) is 3.34. The minimum Gasteiger partial charge on any atom is -0.490 e. The summed E-state index contributed by atoms with van der Waals surface area (Å²) in [5, 5.41) is 1.63. The zero-order chi connectivity index (χ0) is 19.1. The molecular weight excluding hydrogens is 398 g/mol. The second-order valence-corrected chi connectivity index (χ2v) is 7.90. The van der Waals surface area contributed by atoms with Gasteiger partial charge in [0, 0.05) is 28.0 Å². The van der Waals surface area contributed by atoms with Gasteiger partial charge in [-0.1, -0.05) is 11.6 Å². The van der Waals surface area contributed by atoms with Gasteiger partial charge in [0.25, 0.3) is 11.6 Å². The van der Waals surface area contributed by atoms with E-state index in [4.69, 9.17) is 21.1 Å². The van der Waals surface area contributed by atoms with Crippen molar-refractivity contribution in [2.75, 3.05) is 6.61 Å². The van der Waals surface area contributed by atoms with Crippen molar-refractivity contribution in [2.45, 2.75) is 12.6 Å². The third-order valence-electron chi connectivity index (χ3n) is 4.46. The van der Waals surface area contributed by atoms with Gasteiger partial charge in [-0.15, -0.1) is 11.3 Å². The molecule has 5 rings (SSSR count). The van der Waals surface area contributed by atoms with Crippen LogP contribution in [0.25, 0.3) is 20.5 Å². The van der Waals surface area contributed by atoms with Crippen molar-refractivity contribution in [3.05, 3.63) is 70.4 Å². The fraction of sp³-hybridized carbons (Fsp3) is 0.150. The van der Waals surface area contributed by atoms with E-state index in [1.165, 1.54) is 6.07 Å². The molecule has 4 aromatic rings. The van der Waals surface area contributed by atoms with Crippen LogP contribution < -0.4 is 15.0 Å². The van der Waals surface area contributed by atoms with Gasteiger partial charge in [-0.05, 0) is 47.3 Å². The van der Waals surface area contributed by atoms with Crippen LogP contribution in [0.4, 0.5) is 0 Å². The zero-order valence-electron chi connectivity index (χ0n) is 14.5. The molecule has 0 amide bonds. The first kappa shape index (κ1) is 17.2. The Labute approximate surface area is 169 Å². The minimum absolute atomic E-state index is 0.178. The average molecular weight is 412 g/mol. The molecule has 0 radical (unpaired) electrons. The number of ether oxygens (including phenoxy) is 2. The van der Waals surface area contributed by atoms with E-state index in [2.05, 4.69) is 16.0 Å². The van der Waals surface area contributed by atoms with Crippen molar-refractivity contribution in [1.82, 2.24) is 14.5 Å². The number of thiophene rings is 1. The Bertz CT molecular complexity index is 1240. The quantitative estimate of drug-likeness (QED) is 0.474. The highest BCUT2D eigenvalue weighted by Gasteiger charge is 2.23. The number of hydrogen-bond acceptors (Lipinski definition) is 6. The molecule has 4 heterocycles. The lowest BCUT2D eigenvalue weighted by Gasteiger charge is -2.11. The lowest BCUT2D eigenvalue weighted by atomic mass is 10.2. The maximum atomic E-state index is 11.3. The van der Waals surface area contributed by atoms with E-state index >= 15 is 0 Å². The molecule has 0 aliphatic carbocycles. The highest BCUT2D eigenvalue weighted by molar-refractivity contribution is 7.22. The molecule has 0 saturated heterocycles. The van der Waals surface area contributed by atoms with E-state index in [1.54, 1.807) is 23.7 Å². The van der Waals surface area contributed by atoms with Gasteiger partial charge in [0.05, 0.1) is 6.54 Å². The first-order valence-electron chi connectivity index (χ1n) is 8.66. The van der Waals surface area contributed by atoms with E-state index in [9.17, 15) is 4.79 Å². The number of hydrogen-bond donors (Lipinski definition) is 0. The van der Waals surface area contributed by atoms with Crippen molar-refractivity contribution >= 4 is 33.0 Å². The molecule has 1 atom stereocenters. The summed E-state index contributed by atoms with van der Waals surface area (Å²) in [5.41, 5.74) is 0.741. The molecule has 1 aliphatic heterocycles. The summed E-state index contributed by atoms with van der Waals surface area (Å²) in [6.45, 7) is 0.984. The molecule has 0 saturated carbocycles. The van der Waals surface area contributed by atoms with Crippen LogP contribution in [-0.2, 0) is 6.54 Å². The van der Waals surface area contributed by atoms with Crippen LogP contribution in [0.15, 0.2) is 59.7 Å². The summed E-state index contributed by atoms with van der Waals surface area (Å²) in [7, 11) is 0. The minimum atomic E-state index is -0.303. The SMILES string of the molecule is O=c1ccn2c(n1)OC(COc1ccc3cc(-c4ccnc(Cl)c4)sc3c1)C2. The van der Waals surface area contributed by atoms with E-state index in [1.807, 2.05) is 34.9 Å². The number of aromatic nitrogens is 3. The van der Waals surface area contributed by atoms with E-state index in [0.29, 0.717) is 24.3 Å². The molecule has 1 aliphatic rings. The van der Waals surface area contributed by atoms with Crippen molar-refractivity contribution < 1.29 is 9.47 Å². The molecule has 3 aromatic heterocycles. The van der Waals surface area contributed by atoms with Crippen LogP contribution in [0.5, 0.6) is 11.8 Å². The summed E-state index contributed by atoms with van der Waals surface area (Å²) < 4.78 is 14.5. The van der Waals surface area contributed by atoms with E-state index in [0.717, 1.165) is 26.3 Å². The Morgan fingerprint density at radius 2 is 2.18 bits per heavy atom. The first-order chi connectivity index (χ1) is 13.6. The molecule has 0 spiro atoms. The lowest BCUT2D eigenvalue weighted by molar-refractivity contribution is 0.144.